The predicted octanol–water partition coefficient (Wildman–Crippen LogP) is 4.08. The van der Waals surface area contributed by atoms with Crippen molar-refractivity contribution in [3.63, 3.8) is 0 Å². The Labute approximate surface area is 145 Å². The van der Waals surface area contributed by atoms with E-state index in [0.29, 0.717) is 12.3 Å². The zero-order valence-electron chi connectivity index (χ0n) is 11.7. The van der Waals surface area contributed by atoms with Crippen LogP contribution in [0, 0.1) is 5.82 Å². The van der Waals surface area contributed by atoms with Crippen molar-refractivity contribution in [1.82, 2.24) is 5.32 Å². The number of halogens is 2. The van der Waals surface area contributed by atoms with Gasteiger partial charge in [0.15, 0.2) is 6.61 Å². The minimum Gasteiger partial charge on any atom is -0.484 e. The van der Waals surface area contributed by atoms with Gasteiger partial charge in [0.25, 0.3) is 5.91 Å². The molecule has 1 heterocycles. The highest BCUT2D eigenvalue weighted by Crippen LogP contribution is 2.25. The Balaban J connectivity index is 1.56. The van der Waals surface area contributed by atoms with Gasteiger partial charge in [0.05, 0.1) is 3.79 Å². The van der Waals surface area contributed by atoms with Crippen LogP contribution in [0.25, 0.3) is 0 Å². The highest BCUT2D eigenvalue weighted by atomic mass is 79.9. The van der Waals surface area contributed by atoms with E-state index >= 15 is 0 Å². The van der Waals surface area contributed by atoms with Gasteiger partial charge in [-0.2, -0.15) is 11.8 Å². The Morgan fingerprint density at radius 1 is 1.36 bits per heavy atom. The third kappa shape index (κ3) is 6.37. The SMILES string of the molecule is O=C(COc1cccc(F)c1)NCCSCc1ccc(Br)s1. The smallest absolute Gasteiger partial charge is 0.257 e. The molecule has 3 nitrogen and oxygen atoms in total. The summed E-state index contributed by atoms with van der Waals surface area (Å²) in [4.78, 5) is 12.9. The van der Waals surface area contributed by atoms with Crippen molar-refractivity contribution in [3.8, 4) is 5.75 Å². The van der Waals surface area contributed by atoms with Crippen molar-refractivity contribution in [3.05, 3.63) is 50.9 Å². The maximum absolute atomic E-state index is 12.9. The van der Waals surface area contributed by atoms with E-state index in [1.54, 1.807) is 35.2 Å². The number of thiophene rings is 1. The van der Waals surface area contributed by atoms with Crippen LogP contribution in [-0.2, 0) is 10.5 Å². The maximum atomic E-state index is 12.9. The quantitative estimate of drug-likeness (QED) is 0.674. The average molecular weight is 404 g/mol. The van der Waals surface area contributed by atoms with E-state index in [4.69, 9.17) is 4.74 Å². The van der Waals surface area contributed by atoms with Gasteiger partial charge in [0.1, 0.15) is 11.6 Å². The molecule has 0 aliphatic rings. The second kappa shape index (κ2) is 9.17. The van der Waals surface area contributed by atoms with Gasteiger partial charge >= 0.3 is 0 Å². The molecule has 1 amide bonds. The van der Waals surface area contributed by atoms with Crippen LogP contribution in [-0.4, -0.2) is 24.8 Å². The van der Waals surface area contributed by atoms with Gasteiger partial charge in [-0.3, -0.25) is 4.79 Å². The zero-order chi connectivity index (χ0) is 15.8. The topological polar surface area (TPSA) is 38.3 Å². The third-order valence-electron chi connectivity index (χ3n) is 2.61. The lowest BCUT2D eigenvalue weighted by molar-refractivity contribution is -0.122. The Morgan fingerprint density at radius 2 is 2.23 bits per heavy atom. The molecule has 1 aromatic heterocycles. The molecular formula is C15H15BrFNO2S2. The largest absolute Gasteiger partial charge is 0.484 e. The number of hydrogen-bond donors (Lipinski definition) is 1. The Morgan fingerprint density at radius 3 is 2.95 bits per heavy atom. The molecule has 0 aliphatic carbocycles. The molecule has 0 unspecified atom stereocenters. The Bertz CT molecular complexity index is 621. The van der Waals surface area contributed by atoms with Crippen molar-refractivity contribution in [1.29, 1.82) is 0 Å². The summed E-state index contributed by atoms with van der Waals surface area (Å²) in [7, 11) is 0. The Hall–Kier alpha value is -1.05. The fourth-order valence-electron chi connectivity index (χ4n) is 1.62. The lowest BCUT2D eigenvalue weighted by Crippen LogP contribution is -2.30. The third-order valence-corrected chi connectivity index (χ3v) is 5.42. The van der Waals surface area contributed by atoms with Crippen LogP contribution in [0.15, 0.2) is 40.2 Å². The summed E-state index contributed by atoms with van der Waals surface area (Å²) in [6.07, 6.45) is 0. The molecule has 0 saturated carbocycles. The summed E-state index contributed by atoms with van der Waals surface area (Å²) in [5, 5.41) is 2.77. The first-order valence-electron chi connectivity index (χ1n) is 6.60. The van der Waals surface area contributed by atoms with Crippen LogP contribution in [0.1, 0.15) is 4.88 Å². The molecule has 2 aromatic rings. The highest BCUT2D eigenvalue weighted by Gasteiger charge is 2.03. The maximum Gasteiger partial charge on any atom is 0.257 e. The van der Waals surface area contributed by atoms with Crippen molar-refractivity contribution in [2.45, 2.75) is 5.75 Å². The minimum atomic E-state index is -0.380. The van der Waals surface area contributed by atoms with Gasteiger partial charge in [-0.25, -0.2) is 4.39 Å². The number of carbonyl (C=O) groups excluding carboxylic acids is 1. The summed E-state index contributed by atoms with van der Waals surface area (Å²) in [6, 6.07) is 9.87. The number of nitrogens with one attached hydrogen (secondary N) is 1. The van der Waals surface area contributed by atoms with Crippen molar-refractivity contribution < 1.29 is 13.9 Å². The normalized spacial score (nSPS) is 10.5. The fourth-order valence-corrected chi connectivity index (χ4v) is 4.07. The van der Waals surface area contributed by atoms with E-state index < -0.39 is 0 Å². The van der Waals surface area contributed by atoms with Gasteiger partial charge in [0, 0.05) is 29.0 Å². The molecule has 22 heavy (non-hydrogen) atoms. The molecule has 0 bridgehead atoms. The molecule has 0 fully saturated rings. The lowest BCUT2D eigenvalue weighted by atomic mass is 10.3. The molecule has 0 spiro atoms. The van der Waals surface area contributed by atoms with E-state index in [-0.39, 0.29) is 18.3 Å². The average Bonchev–Trinajstić information content (AvgIpc) is 2.90. The number of benzene rings is 1. The summed E-state index contributed by atoms with van der Waals surface area (Å²) in [5.74, 6) is 1.54. The molecular weight excluding hydrogens is 389 g/mol. The molecule has 0 saturated heterocycles. The number of thioether (sulfide) groups is 1. The van der Waals surface area contributed by atoms with Crippen LogP contribution in [0.3, 0.4) is 0 Å². The number of carbonyl (C=O) groups is 1. The predicted molar refractivity (Wildman–Crippen MR) is 93.1 cm³/mol. The standard InChI is InChI=1S/C15H15BrFNO2S2/c16-14-5-4-13(22-14)10-21-7-6-18-15(19)9-20-12-3-1-2-11(17)8-12/h1-5,8H,6-7,9-10H2,(H,18,19). The van der Waals surface area contributed by atoms with Gasteiger partial charge in [-0.15, -0.1) is 11.3 Å². The van der Waals surface area contributed by atoms with Crippen LogP contribution >= 0.6 is 39.0 Å². The van der Waals surface area contributed by atoms with Gasteiger partial charge in [0.2, 0.25) is 0 Å². The number of hydrogen-bond acceptors (Lipinski definition) is 4. The lowest BCUT2D eigenvalue weighted by Gasteiger charge is -2.07. The number of ether oxygens (including phenoxy) is 1. The molecule has 0 aliphatic heterocycles. The first-order chi connectivity index (χ1) is 10.6. The van der Waals surface area contributed by atoms with Crippen molar-refractivity contribution in [2.75, 3.05) is 18.9 Å². The Kier molecular flexibility index (Phi) is 7.21. The first kappa shape index (κ1) is 17.3. The van der Waals surface area contributed by atoms with Gasteiger partial charge in [-0.1, -0.05) is 6.07 Å². The highest BCUT2D eigenvalue weighted by molar-refractivity contribution is 9.11. The second-order valence-electron chi connectivity index (χ2n) is 4.35. The van der Waals surface area contributed by atoms with Crippen LogP contribution in [0.5, 0.6) is 5.75 Å². The second-order valence-corrected chi connectivity index (χ2v) is 8.01. The monoisotopic (exact) mass is 403 g/mol. The molecule has 1 N–H and O–H groups in total. The van der Waals surface area contributed by atoms with Crippen molar-refractivity contribution >= 4 is 44.9 Å². The molecule has 7 heteroatoms. The molecule has 0 atom stereocenters. The van der Waals surface area contributed by atoms with E-state index in [1.807, 2.05) is 6.07 Å². The molecule has 1 aromatic carbocycles. The molecule has 2 rings (SSSR count). The molecule has 0 radical (unpaired) electrons. The van der Waals surface area contributed by atoms with Crippen LogP contribution in [0.2, 0.25) is 0 Å². The van der Waals surface area contributed by atoms with Gasteiger partial charge < -0.3 is 10.1 Å². The van der Waals surface area contributed by atoms with Crippen molar-refractivity contribution in [2.24, 2.45) is 0 Å². The summed E-state index contributed by atoms with van der Waals surface area (Å²) in [5.41, 5.74) is 0. The minimum absolute atomic E-state index is 0.105. The van der Waals surface area contributed by atoms with E-state index in [0.717, 1.165) is 15.3 Å². The van der Waals surface area contributed by atoms with Gasteiger partial charge in [-0.05, 0) is 40.2 Å². The van der Waals surface area contributed by atoms with E-state index in [2.05, 4.69) is 27.3 Å². The number of rotatable bonds is 8. The summed E-state index contributed by atoms with van der Waals surface area (Å²) < 4.78 is 19.3. The zero-order valence-corrected chi connectivity index (χ0v) is 14.9. The summed E-state index contributed by atoms with van der Waals surface area (Å²) in [6.45, 7) is 0.481. The van der Waals surface area contributed by atoms with Crippen LogP contribution < -0.4 is 10.1 Å². The summed E-state index contributed by atoms with van der Waals surface area (Å²) >= 11 is 6.91. The number of amides is 1. The van der Waals surface area contributed by atoms with E-state index in [9.17, 15) is 9.18 Å². The first-order valence-corrected chi connectivity index (χ1v) is 9.37. The molecule has 118 valence electrons. The van der Waals surface area contributed by atoms with Crippen LogP contribution in [0.4, 0.5) is 4.39 Å². The fraction of sp³-hybridized carbons (Fsp3) is 0.267. The van der Waals surface area contributed by atoms with E-state index in [1.165, 1.54) is 17.0 Å².